The number of amides is 1. The molecule has 0 unspecified atom stereocenters. The van der Waals surface area contributed by atoms with E-state index in [0.29, 0.717) is 13.2 Å². The fraction of sp³-hybridized carbons (Fsp3) is 0.417. The molecule has 0 radical (unpaired) electrons. The Bertz CT molecular complexity index is 1190. The van der Waals surface area contributed by atoms with Crippen LogP contribution in [0.2, 0.25) is 0 Å². The molecule has 0 bridgehead atoms. The summed E-state index contributed by atoms with van der Waals surface area (Å²) in [5.74, 6) is 2.30. The molecule has 1 aliphatic rings. The van der Waals surface area contributed by atoms with Crippen molar-refractivity contribution in [1.82, 2.24) is 5.32 Å². The number of hydrogen-bond donors (Lipinski definition) is 1. The highest BCUT2D eigenvalue weighted by molar-refractivity contribution is 5.86. The number of carbonyl (C=O) groups excluding carboxylic acids is 1. The van der Waals surface area contributed by atoms with Gasteiger partial charge in [-0.25, -0.2) is 0 Å². The van der Waals surface area contributed by atoms with E-state index in [1.807, 2.05) is 12.1 Å². The van der Waals surface area contributed by atoms with Gasteiger partial charge in [-0.05, 0) is 95.5 Å². The highest BCUT2D eigenvalue weighted by Gasteiger charge is 2.22. The number of nitrogens with one attached hydrogen (secondary N) is 1. The van der Waals surface area contributed by atoms with Crippen molar-refractivity contribution < 1.29 is 9.53 Å². The molecule has 3 heteroatoms. The molecule has 0 saturated heterocycles. The Labute approximate surface area is 235 Å². The summed E-state index contributed by atoms with van der Waals surface area (Å²) in [6.07, 6.45) is 13.3. The molecule has 206 valence electrons. The second kappa shape index (κ2) is 14.7. The normalized spacial score (nSPS) is 17.0. The Morgan fingerprint density at radius 1 is 0.897 bits per heavy atom. The van der Waals surface area contributed by atoms with E-state index in [-0.39, 0.29) is 5.91 Å². The molecule has 1 aliphatic carbocycles. The van der Waals surface area contributed by atoms with Gasteiger partial charge in [0.2, 0.25) is 5.91 Å². The Kier molecular flexibility index (Phi) is 10.8. The van der Waals surface area contributed by atoms with Gasteiger partial charge in [0.1, 0.15) is 12.4 Å². The number of carbonyl (C=O) groups is 1. The van der Waals surface area contributed by atoms with Crippen LogP contribution in [-0.4, -0.2) is 19.1 Å². The van der Waals surface area contributed by atoms with Crippen LogP contribution in [0.1, 0.15) is 82.3 Å². The van der Waals surface area contributed by atoms with E-state index >= 15 is 0 Å². The predicted molar refractivity (Wildman–Crippen MR) is 164 cm³/mol. The highest BCUT2D eigenvalue weighted by atomic mass is 16.5. The van der Waals surface area contributed by atoms with Crippen molar-refractivity contribution in [3.8, 4) is 28.0 Å². The zero-order chi connectivity index (χ0) is 27.5. The Morgan fingerprint density at radius 3 is 2.26 bits per heavy atom. The zero-order valence-electron chi connectivity index (χ0n) is 23.9. The minimum atomic E-state index is -0.185. The number of ether oxygens (including phenoxy) is 1. The molecule has 1 N–H and O–H groups in total. The second-order valence-electron chi connectivity index (χ2n) is 10.9. The van der Waals surface area contributed by atoms with Gasteiger partial charge in [-0.15, -0.1) is 0 Å². The molecule has 0 heterocycles. The maximum Gasteiger partial charge on any atom is 0.243 e. The average molecular weight is 524 g/mol. The summed E-state index contributed by atoms with van der Waals surface area (Å²) in [7, 11) is 0. The van der Waals surface area contributed by atoms with E-state index in [0.717, 1.165) is 24.0 Å². The number of unbranched alkanes of at least 4 members (excludes halogenated alkanes) is 2. The van der Waals surface area contributed by atoms with Crippen LogP contribution in [0.5, 0.6) is 5.75 Å². The van der Waals surface area contributed by atoms with E-state index in [4.69, 9.17) is 4.74 Å². The van der Waals surface area contributed by atoms with Crippen LogP contribution in [0.25, 0.3) is 22.3 Å². The molecule has 0 aliphatic heterocycles. The van der Waals surface area contributed by atoms with Gasteiger partial charge in [-0.2, -0.15) is 0 Å². The molecule has 3 nitrogen and oxygen atoms in total. The third-order valence-corrected chi connectivity index (χ3v) is 8.28. The van der Waals surface area contributed by atoms with Gasteiger partial charge < -0.3 is 10.1 Å². The molecule has 4 rings (SSSR count). The first-order valence-corrected chi connectivity index (χ1v) is 15.0. The van der Waals surface area contributed by atoms with Crippen LogP contribution < -0.4 is 10.1 Å². The molecule has 39 heavy (non-hydrogen) atoms. The van der Waals surface area contributed by atoms with Crippen LogP contribution in [0.4, 0.5) is 0 Å². The number of hydrogen-bond acceptors (Lipinski definition) is 2. The molecule has 0 atom stereocenters. The molecular weight excluding hydrogens is 478 g/mol. The summed E-state index contributed by atoms with van der Waals surface area (Å²) in [6.45, 7) is 8.86. The van der Waals surface area contributed by atoms with Gasteiger partial charge in [0.15, 0.2) is 0 Å². The first-order valence-electron chi connectivity index (χ1n) is 15.0. The van der Waals surface area contributed by atoms with Crippen LogP contribution in [0, 0.1) is 5.92 Å². The van der Waals surface area contributed by atoms with Crippen molar-refractivity contribution in [2.75, 3.05) is 13.2 Å². The van der Waals surface area contributed by atoms with E-state index < -0.39 is 0 Å². The predicted octanol–water partition coefficient (Wildman–Crippen LogP) is 9.12. The minimum Gasteiger partial charge on any atom is -0.492 e. The molecule has 3 aromatic rings. The van der Waals surface area contributed by atoms with Crippen molar-refractivity contribution in [3.05, 3.63) is 90.5 Å². The van der Waals surface area contributed by atoms with Gasteiger partial charge in [0.25, 0.3) is 0 Å². The zero-order valence-corrected chi connectivity index (χ0v) is 23.9. The fourth-order valence-corrected chi connectivity index (χ4v) is 5.91. The summed E-state index contributed by atoms with van der Waals surface area (Å²) in [6, 6.07) is 24.4. The number of benzene rings is 3. The first-order chi connectivity index (χ1) is 19.1. The van der Waals surface area contributed by atoms with E-state index in [9.17, 15) is 4.79 Å². The smallest absolute Gasteiger partial charge is 0.243 e. The minimum absolute atomic E-state index is 0.185. The lowest BCUT2D eigenvalue weighted by Gasteiger charge is -2.29. The first kappa shape index (κ1) is 28.7. The fourth-order valence-electron chi connectivity index (χ4n) is 5.91. The standard InChI is InChI=1S/C36H45NO2/c1-4-7-8-9-27-10-12-29(13-11-27)30-14-16-32(17-15-30)35-23-20-33(26-28(35)5-2)31-18-21-34(22-19-31)39-25-24-37-36(38)6-3/h6,14-23,26-27,29H,3-5,7-13,24-25H2,1-2H3,(H,37,38). The topological polar surface area (TPSA) is 38.3 Å². The summed E-state index contributed by atoms with van der Waals surface area (Å²) < 4.78 is 5.74. The maximum atomic E-state index is 11.2. The number of rotatable bonds is 13. The van der Waals surface area contributed by atoms with Gasteiger partial charge in [0, 0.05) is 0 Å². The molecule has 1 saturated carbocycles. The van der Waals surface area contributed by atoms with E-state index in [1.165, 1.54) is 90.8 Å². The Hall–Kier alpha value is -3.33. The van der Waals surface area contributed by atoms with Gasteiger partial charge >= 0.3 is 0 Å². The van der Waals surface area contributed by atoms with Gasteiger partial charge in [0.05, 0.1) is 6.54 Å². The summed E-state index contributed by atoms with van der Waals surface area (Å²) in [4.78, 5) is 11.2. The van der Waals surface area contributed by atoms with Gasteiger partial charge in [-0.1, -0.05) is 101 Å². The van der Waals surface area contributed by atoms with Crippen molar-refractivity contribution in [3.63, 3.8) is 0 Å². The number of aryl methyl sites for hydroxylation is 1. The van der Waals surface area contributed by atoms with Crippen LogP contribution in [0.15, 0.2) is 79.4 Å². The second-order valence-corrected chi connectivity index (χ2v) is 10.9. The van der Waals surface area contributed by atoms with Crippen LogP contribution in [0.3, 0.4) is 0 Å². The summed E-state index contributed by atoms with van der Waals surface area (Å²) in [5, 5.41) is 2.72. The van der Waals surface area contributed by atoms with E-state index in [1.54, 1.807) is 0 Å². The van der Waals surface area contributed by atoms with Crippen molar-refractivity contribution in [2.24, 2.45) is 5.92 Å². The van der Waals surface area contributed by atoms with Crippen molar-refractivity contribution in [2.45, 2.75) is 77.6 Å². The molecular formula is C36H45NO2. The molecule has 0 aromatic heterocycles. The lowest BCUT2D eigenvalue weighted by molar-refractivity contribution is -0.116. The van der Waals surface area contributed by atoms with Crippen molar-refractivity contribution >= 4 is 5.91 Å². The average Bonchev–Trinajstić information content (AvgIpc) is 3.00. The quantitative estimate of drug-likeness (QED) is 0.179. The van der Waals surface area contributed by atoms with Crippen LogP contribution in [-0.2, 0) is 11.2 Å². The Morgan fingerprint density at radius 2 is 1.59 bits per heavy atom. The summed E-state index contributed by atoms with van der Waals surface area (Å²) in [5.41, 5.74) is 7.91. The maximum absolute atomic E-state index is 11.2. The molecule has 3 aromatic carbocycles. The Balaban J connectivity index is 1.36. The highest BCUT2D eigenvalue weighted by Crippen LogP contribution is 2.39. The van der Waals surface area contributed by atoms with Crippen LogP contribution >= 0.6 is 0 Å². The largest absolute Gasteiger partial charge is 0.492 e. The van der Waals surface area contributed by atoms with Gasteiger partial charge in [-0.3, -0.25) is 4.79 Å². The SMILES string of the molecule is C=CC(=O)NCCOc1ccc(-c2ccc(-c3ccc(C4CCC(CCCCC)CC4)cc3)c(CC)c2)cc1. The molecule has 1 amide bonds. The molecule has 1 fully saturated rings. The molecule has 0 spiro atoms. The summed E-state index contributed by atoms with van der Waals surface area (Å²) >= 11 is 0. The van der Waals surface area contributed by atoms with E-state index in [2.05, 4.69) is 80.3 Å². The third-order valence-electron chi connectivity index (χ3n) is 8.28. The third kappa shape index (κ3) is 8.08. The lowest BCUT2D eigenvalue weighted by Crippen LogP contribution is -2.26. The monoisotopic (exact) mass is 523 g/mol. The lowest BCUT2D eigenvalue weighted by atomic mass is 9.77. The van der Waals surface area contributed by atoms with Crippen molar-refractivity contribution in [1.29, 1.82) is 0 Å².